The number of primary amides is 1. The first kappa shape index (κ1) is 26.7. The monoisotopic (exact) mass is 550 g/mol. The molecule has 5 rings (SSSR count). The van der Waals surface area contributed by atoms with Crippen molar-refractivity contribution in [3.8, 4) is 5.88 Å². The number of benzene rings is 2. The lowest BCUT2D eigenvalue weighted by molar-refractivity contribution is -0.385. The van der Waals surface area contributed by atoms with Crippen LogP contribution < -0.4 is 20.9 Å². The van der Waals surface area contributed by atoms with E-state index in [2.05, 4.69) is 9.88 Å². The predicted molar refractivity (Wildman–Crippen MR) is 142 cm³/mol. The Morgan fingerprint density at radius 1 is 0.975 bits per heavy atom. The summed E-state index contributed by atoms with van der Waals surface area (Å²) >= 11 is 0. The van der Waals surface area contributed by atoms with E-state index in [9.17, 15) is 28.5 Å². The maximum absolute atomic E-state index is 13.7. The molecular weight excluding hydrogens is 526 g/mol. The van der Waals surface area contributed by atoms with Crippen LogP contribution in [0.4, 0.5) is 25.0 Å². The fourth-order valence-corrected chi connectivity index (χ4v) is 5.09. The Labute approximate surface area is 226 Å². The van der Waals surface area contributed by atoms with Crippen molar-refractivity contribution in [2.45, 2.75) is 6.04 Å². The largest absolute Gasteiger partial charge is 0.411 e. The molecule has 2 N–H and O–H groups in total. The van der Waals surface area contributed by atoms with Gasteiger partial charge in [-0.05, 0) is 41.5 Å². The molecular formula is C27H24F2N6O5. The van der Waals surface area contributed by atoms with Crippen LogP contribution in [0.3, 0.4) is 0 Å². The number of ether oxygens (including phenoxy) is 1. The van der Waals surface area contributed by atoms with Crippen molar-refractivity contribution in [3.05, 3.63) is 104 Å². The summed E-state index contributed by atoms with van der Waals surface area (Å²) in [5.74, 6) is -0.938. The third-order valence-corrected chi connectivity index (χ3v) is 6.92. The predicted octanol–water partition coefficient (Wildman–Crippen LogP) is 3.49. The molecule has 2 aromatic heterocycles. The Morgan fingerprint density at radius 2 is 1.52 bits per heavy atom. The fraction of sp³-hybridized carbons (Fsp3) is 0.222. The van der Waals surface area contributed by atoms with Crippen molar-refractivity contribution in [1.29, 1.82) is 0 Å². The summed E-state index contributed by atoms with van der Waals surface area (Å²) in [6, 6.07) is 14.6. The Kier molecular flexibility index (Phi) is 7.13. The van der Waals surface area contributed by atoms with Gasteiger partial charge in [0.1, 0.15) is 17.2 Å². The van der Waals surface area contributed by atoms with Gasteiger partial charge in [-0.25, -0.2) is 18.6 Å². The minimum atomic E-state index is -1.10. The first-order valence-corrected chi connectivity index (χ1v) is 12.3. The molecule has 0 unspecified atom stereocenters. The molecule has 206 valence electrons. The van der Waals surface area contributed by atoms with Gasteiger partial charge in [-0.15, -0.1) is 0 Å². The zero-order valence-electron chi connectivity index (χ0n) is 21.3. The highest BCUT2D eigenvalue weighted by Crippen LogP contribution is 2.36. The van der Waals surface area contributed by atoms with Crippen LogP contribution in [-0.4, -0.2) is 51.6 Å². The smallest absolute Gasteiger partial charge is 0.391 e. The fourth-order valence-electron chi connectivity index (χ4n) is 5.09. The highest BCUT2D eigenvalue weighted by molar-refractivity contribution is 5.94. The Hall–Kier alpha value is -4.91. The normalized spacial score (nSPS) is 14.1. The minimum absolute atomic E-state index is 0.0118. The second kappa shape index (κ2) is 10.7. The number of aromatic nitrogens is 2. The molecule has 0 aliphatic carbocycles. The number of nitro groups is 1. The molecule has 1 aliphatic rings. The van der Waals surface area contributed by atoms with E-state index in [4.69, 9.17) is 10.5 Å². The lowest BCUT2D eigenvalue weighted by Gasteiger charge is -2.40. The van der Waals surface area contributed by atoms with E-state index >= 15 is 0 Å². The minimum Gasteiger partial charge on any atom is -0.391 e. The molecule has 1 amide bonds. The summed E-state index contributed by atoms with van der Waals surface area (Å²) in [4.78, 5) is 43.8. The highest BCUT2D eigenvalue weighted by atomic mass is 19.1. The molecule has 1 saturated heterocycles. The van der Waals surface area contributed by atoms with Gasteiger partial charge in [0.15, 0.2) is 5.69 Å². The third-order valence-electron chi connectivity index (χ3n) is 6.92. The van der Waals surface area contributed by atoms with Crippen LogP contribution in [0.5, 0.6) is 5.88 Å². The van der Waals surface area contributed by atoms with E-state index in [1.54, 1.807) is 29.2 Å². The van der Waals surface area contributed by atoms with Gasteiger partial charge in [-0.3, -0.25) is 19.8 Å². The standard InChI is InChI=1S/C27H24F2N6O5/c1-32-20-10-11-21(40-27(30)37)31-22(20)24(25(26(32)36)35(38)39)34-14-12-33(13-15-34)23(16-2-6-18(28)7-3-16)17-4-8-19(29)9-5-17/h2-11,23H,12-15H2,1H3,(H2,30,37). The summed E-state index contributed by atoms with van der Waals surface area (Å²) in [6.45, 7) is 1.32. The number of anilines is 1. The van der Waals surface area contributed by atoms with E-state index in [0.717, 1.165) is 15.7 Å². The average molecular weight is 551 g/mol. The van der Waals surface area contributed by atoms with Crippen LogP contribution in [-0.2, 0) is 7.05 Å². The second-order valence-corrected chi connectivity index (χ2v) is 9.29. The SMILES string of the molecule is Cn1c(=O)c([N+](=O)[O-])c(N2CCN(C(c3ccc(F)cc3)c3ccc(F)cc3)CC2)c2nc(OC(N)=O)ccc21. The summed E-state index contributed by atoms with van der Waals surface area (Å²) in [5, 5.41) is 12.1. The zero-order chi connectivity index (χ0) is 28.6. The molecule has 40 heavy (non-hydrogen) atoms. The van der Waals surface area contributed by atoms with Gasteiger partial charge < -0.3 is 19.9 Å². The first-order valence-electron chi connectivity index (χ1n) is 12.3. The van der Waals surface area contributed by atoms with E-state index < -0.39 is 22.3 Å². The van der Waals surface area contributed by atoms with Crippen molar-refractivity contribution in [1.82, 2.24) is 14.5 Å². The number of nitrogens with zero attached hydrogens (tertiary/aromatic N) is 5. The van der Waals surface area contributed by atoms with E-state index in [0.29, 0.717) is 18.6 Å². The first-order chi connectivity index (χ1) is 19.1. The number of carbonyl (C=O) groups is 1. The molecule has 11 nitrogen and oxygen atoms in total. The Morgan fingerprint density at radius 3 is 2.02 bits per heavy atom. The number of halogens is 2. The lowest BCUT2D eigenvalue weighted by atomic mass is 9.96. The lowest BCUT2D eigenvalue weighted by Crippen LogP contribution is -2.48. The second-order valence-electron chi connectivity index (χ2n) is 9.29. The maximum atomic E-state index is 13.7. The number of aryl methyl sites for hydroxylation is 1. The number of pyridine rings is 2. The van der Waals surface area contributed by atoms with Gasteiger partial charge in [0, 0.05) is 39.3 Å². The summed E-state index contributed by atoms with van der Waals surface area (Å²) < 4.78 is 33.4. The molecule has 0 radical (unpaired) electrons. The molecule has 0 atom stereocenters. The van der Waals surface area contributed by atoms with Crippen LogP contribution in [0.2, 0.25) is 0 Å². The molecule has 1 aliphatic heterocycles. The zero-order valence-corrected chi connectivity index (χ0v) is 21.3. The van der Waals surface area contributed by atoms with Crippen molar-refractivity contribution < 1.29 is 23.2 Å². The molecule has 0 spiro atoms. The van der Waals surface area contributed by atoms with Gasteiger partial charge >= 0.3 is 17.3 Å². The van der Waals surface area contributed by atoms with Gasteiger partial charge in [-0.2, -0.15) is 0 Å². The number of piperazine rings is 1. The van der Waals surface area contributed by atoms with Crippen LogP contribution in [0, 0.1) is 21.7 Å². The van der Waals surface area contributed by atoms with E-state index in [-0.39, 0.29) is 47.8 Å². The third kappa shape index (κ3) is 5.06. The Bertz CT molecular complexity index is 1610. The highest BCUT2D eigenvalue weighted by Gasteiger charge is 2.34. The van der Waals surface area contributed by atoms with Gasteiger partial charge in [0.2, 0.25) is 5.88 Å². The number of hydrogen-bond donors (Lipinski definition) is 1. The molecule has 13 heteroatoms. The molecule has 1 fully saturated rings. The van der Waals surface area contributed by atoms with Gasteiger partial charge in [0.25, 0.3) is 0 Å². The molecule has 4 aromatic rings. The molecule has 0 saturated carbocycles. The molecule has 0 bridgehead atoms. The number of nitrogens with two attached hydrogens (primary N) is 1. The van der Waals surface area contributed by atoms with E-state index in [1.807, 2.05) is 0 Å². The van der Waals surface area contributed by atoms with Crippen molar-refractivity contribution in [2.75, 3.05) is 31.1 Å². The number of hydrogen-bond acceptors (Lipinski definition) is 8. The summed E-state index contributed by atoms with van der Waals surface area (Å²) in [7, 11) is 1.39. The number of fused-ring (bicyclic) bond motifs is 1. The van der Waals surface area contributed by atoms with Crippen molar-refractivity contribution in [3.63, 3.8) is 0 Å². The van der Waals surface area contributed by atoms with Crippen molar-refractivity contribution in [2.24, 2.45) is 12.8 Å². The maximum Gasteiger partial charge on any atom is 0.411 e. The number of carbonyl (C=O) groups excluding carboxylic acids is 1. The van der Waals surface area contributed by atoms with Crippen LogP contribution in [0.15, 0.2) is 65.5 Å². The topological polar surface area (TPSA) is 137 Å². The quantitative estimate of drug-likeness (QED) is 0.285. The van der Waals surface area contributed by atoms with Crippen LogP contribution in [0.25, 0.3) is 11.0 Å². The molecule has 3 heterocycles. The van der Waals surface area contributed by atoms with Crippen molar-refractivity contribution >= 4 is 28.5 Å². The summed E-state index contributed by atoms with van der Waals surface area (Å²) in [6.07, 6.45) is -1.10. The summed E-state index contributed by atoms with van der Waals surface area (Å²) in [5.41, 5.74) is 5.66. The van der Waals surface area contributed by atoms with E-state index in [1.165, 1.54) is 43.4 Å². The van der Waals surface area contributed by atoms with Crippen LogP contribution >= 0.6 is 0 Å². The average Bonchev–Trinajstić information content (AvgIpc) is 2.92. The Balaban J connectivity index is 1.54. The number of amides is 1. The van der Waals surface area contributed by atoms with Gasteiger partial charge in [0.05, 0.1) is 16.5 Å². The molecule has 2 aromatic carbocycles. The van der Waals surface area contributed by atoms with Crippen LogP contribution in [0.1, 0.15) is 17.2 Å². The van der Waals surface area contributed by atoms with Gasteiger partial charge in [-0.1, -0.05) is 24.3 Å². The number of rotatable bonds is 6.